The number of piperidine rings is 1. The molecule has 2 unspecified atom stereocenters. The highest BCUT2D eigenvalue weighted by molar-refractivity contribution is 6.30. The number of nitrogens with one attached hydrogen (secondary N) is 1. The van der Waals surface area contributed by atoms with Crippen LogP contribution < -0.4 is 5.32 Å². The van der Waals surface area contributed by atoms with Crippen LogP contribution in [0.5, 0.6) is 0 Å². The average Bonchev–Trinajstić information content (AvgIpc) is 2.60. The first-order chi connectivity index (χ1) is 12.0. The van der Waals surface area contributed by atoms with Crippen molar-refractivity contribution in [3.63, 3.8) is 0 Å². The molecular formula is C20H29ClN2O2. The second-order valence-electron chi connectivity index (χ2n) is 6.72. The molecular weight excluding hydrogens is 336 g/mol. The van der Waals surface area contributed by atoms with E-state index in [-0.39, 0.29) is 36.2 Å². The van der Waals surface area contributed by atoms with E-state index in [1.54, 1.807) is 0 Å². The minimum absolute atomic E-state index is 0.0321. The molecule has 1 aliphatic rings. The summed E-state index contributed by atoms with van der Waals surface area (Å²) >= 11 is 6.02. The van der Waals surface area contributed by atoms with E-state index in [1.807, 2.05) is 36.1 Å². The molecule has 2 rings (SSSR count). The summed E-state index contributed by atoms with van der Waals surface area (Å²) in [7, 11) is 0. The fourth-order valence-electron chi connectivity index (χ4n) is 3.80. The molecule has 1 fully saturated rings. The Morgan fingerprint density at radius 3 is 2.40 bits per heavy atom. The lowest BCUT2D eigenvalue weighted by atomic mass is 9.84. The van der Waals surface area contributed by atoms with Gasteiger partial charge in [-0.3, -0.25) is 9.59 Å². The Labute approximate surface area is 155 Å². The lowest BCUT2D eigenvalue weighted by molar-refractivity contribution is -0.148. The lowest BCUT2D eigenvalue weighted by Gasteiger charge is -2.44. The minimum atomic E-state index is -0.212. The number of hydrogen-bond donors (Lipinski definition) is 1. The van der Waals surface area contributed by atoms with Crippen LogP contribution in [-0.4, -0.2) is 29.3 Å². The highest BCUT2D eigenvalue weighted by Crippen LogP contribution is 2.38. The Kier molecular flexibility index (Phi) is 7.30. The molecule has 1 heterocycles. The summed E-state index contributed by atoms with van der Waals surface area (Å²) in [6.45, 7) is 6.73. The molecule has 0 radical (unpaired) electrons. The molecule has 0 saturated carbocycles. The van der Waals surface area contributed by atoms with E-state index in [4.69, 9.17) is 11.6 Å². The van der Waals surface area contributed by atoms with Crippen molar-refractivity contribution in [1.82, 2.24) is 10.2 Å². The second kappa shape index (κ2) is 9.23. The van der Waals surface area contributed by atoms with Crippen LogP contribution in [0.2, 0.25) is 5.02 Å². The number of carbonyl (C=O) groups is 2. The fourth-order valence-corrected chi connectivity index (χ4v) is 3.92. The predicted octanol–water partition coefficient (Wildman–Crippen LogP) is 4.33. The number of rotatable bonds is 7. The first-order valence-electron chi connectivity index (χ1n) is 9.36. The van der Waals surface area contributed by atoms with Crippen molar-refractivity contribution in [2.75, 3.05) is 6.54 Å². The normalized spacial score (nSPS) is 20.8. The zero-order valence-electron chi connectivity index (χ0n) is 15.4. The molecule has 2 atom stereocenters. The first kappa shape index (κ1) is 19.8. The number of benzene rings is 1. The lowest BCUT2D eigenvalue weighted by Crippen LogP contribution is -2.49. The molecule has 138 valence electrons. The summed E-state index contributed by atoms with van der Waals surface area (Å²) in [6, 6.07) is 8.06. The van der Waals surface area contributed by atoms with Gasteiger partial charge in [-0.2, -0.15) is 0 Å². The van der Waals surface area contributed by atoms with E-state index in [0.717, 1.165) is 31.2 Å². The van der Waals surface area contributed by atoms with E-state index < -0.39 is 0 Å². The van der Waals surface area contributed by atoms with Gasteiger partial charge in [0.25, 0.3) is 0 Å². The van der Waals surface area contributed by atoms with Crippen LogP contribution in [0.15, 0.2) is 24.3 Å². The fraction of sp³-hybridized carbons (Fsp3) is 0.600. The van der Waals surface area contributed by atoms with Crippen molar-refractivity contribution < 1.29 is 9.59 Å². The summed E-state index contributed by atoms with van der Waals surface area (Å²) in [5.41, 5.74) is 1.13. The Hall–Kier alpha value is -1.55. The Bertz CT molecular complexity index is 584. The number of halogens is 1. The van der Waals surface area contributed by atoms with Gasteiger partial charge in [0.2, 0.25) is 11.8 Å². The van der Waals surface area contributed by atoms with E-state index >= 15 is 0 Å². The largest absolute Gasteiger partial charge is 0.356 e. The summed E-state index contributed by atoms with van der Waals surface area (Å²) in [5, 5.41) is 3.51. The van der Waals surface area contributed by atoms with Crippen LogP contribution in [0, 0.1) is 5.92 Å². The van der Waals surface area contributed by atoms with E-state index in [2.05, 4.69) is 19.2 Å². The molecule has 0 aromatic heterocycles. The second-order valence-corrected chi connectivity index (χ2v) is 7.15. The van der Waals surface area contributed by atoms with Gasteiger partial charge in [-0.25, -0.2) is 0 Å². The number of amides is 2. The average molecular weight is 365 g/mol. The van der Waals surface area contributed by atoms with Gasteiger partial charge in [0, 0.05) is 29.9 Å². The maximum absolute atomic E-state index is 13.2. The summed E-state index contributed by atoms with van der Waals surface area (Å²) in [6.07, 6.45) is 3.75. The molecule has 4 nitrogen and oxygen atoms in total. The highest BCUT2D eigenvalue weighted by Gasteiger charge is 2.39. The molecule has 25 heavy (non-hydrogen) atoms. The third kappa shape index (κ3) is 4.75. The van der Waals surface area contributed by atoms with Gasteiger partial charge in [0.15, 0.2) is 0 Å². The van der Waals surface area contributed by atoms with Gasteiger partial charge in [0.05, 0.1) is 6.04 Å². The smallest absolute Gasteiger partial charge is 0.226 e. The SMILES string of the molecule is CCNC(=O)CC1CCC(c2ccc(Cl)cc2)N(C(CC)CC)C1=O. The van der Waals surface area contributed by atoms with Gasteiger partial charge in [-0.15, -0.1) is 0 Å². The monoisotopic (exact) mass is 364 g/mol. The summed E-state index contributed by atoms with van der Waals surface area (Å²) in [5.74, 6) is -0.128. The molecule has 2 amide bonds. The van der Waals surface area contributed by atoms with Gasteiger partial charge < -0.3 is 10.2 Å². The van der Waals surface area contributed by atoms with E-state index in [9.17, 15) is 9.59 Å². The van der Waals surface area contributed by atoms with Crippen LogP contribution >= 0.6 is 11.6 Å². The number of carbonyl (C=O) groups excluding carboxylic acids is 2. The Morgan fingerprint density at radius 2 is 1.84 bits per heavy atom. The molecule has 1 aromatic rings. The quantitative estimate of drug-likeness (QED) is 0.782. The maximum atomic E-state index is 13.2. The summed E-state index contributed by atoms with van der Waals surface area (Å²) in [4.78, 5) is 27.2. The van der Waals surface area contributed by atoms with Crippen molar-refractivity contribution in [3.8, 4) is 0 Å². The van der Waals surface area contributed by atoms with Crippen molar-refractivity contribution in [3.05, 3.63) is 34.9 Å². The third-order valence-electron chi connectivity index (χ3n) is 5.12. The van der Waals surface area contributed by atoms with Crippen LogP contribution in [0.4, 0.5) is 0 Å². The highest BCUT2D eigenvalue weighted by atomic mass is 35.5. The minimum Gasteiger partial charge on any atom is -0.356 e. The predicted molar refractivity (Wildman–Crippen MR) is 101 cm³/mol. The van der Waals surface area contributed by atoms with E-state index in [1.165, 1.54) is 0 Å². The van der Waals surface area contributed by atoms with Crippen molar-refractivity contribution >= 4 is 23.4 Å². The zero-order valence-corrected chi connectivity index (χ0v) is 16.2. The van der Waals surface area contributed by atoms with Crippen LogP contribution in [0.1, 0.15) is 64.5 Å². The van der Waals surface area contributed by atoms with Crippen molar-refractivity contribution in [1.29, 1.82) is 0 Å². The van der Waals surface area contributed by atoms with Crippen molar-refractivity contribution in [2.45, 2.75) is 65.0 Å². The molecule has 0 bridgehead atoms. The zero-order chi connectivity index (χ0) is 18.4. The van der Waals surface area contributed by atoms with Crippen LogP contribution in [-0.2, 0) is 9.59 Å². The molecule has 0 spiro atoms. The number of likely N-dealkylation sites (tertiary alicyclic amines) is 1. The topological polar surface area (TPSA) is 49.4 Å². The molecule has 1 aromatic carbocycles. The van der Waals surface area contributed by atoms with Gasteiger partial charge in [-0.05, 0) is 50.3 Å². The van der Waals surface area contributed by atoms with Gasteiger partial charge >= 0.3 is 0 Å². The standard InChI is InChI=1S/C20H29ClN2O2/c1-4-17(5-2)23-18(14-7-10-16(21)11-8-14)12-9-15(20(23)25)13-19(24)22-6-3/h7-8,10-11,15,17-18H,4-6,9,12-13H2,1-3H3,(H,22,24). The molecule has 1 saturated heterocycles. The Balaban J connectivity index is 2.25. The Morgan fingerprint density at radius 1 is 1.20 bits per heavy atom. The number of hydrogen-bond acceptors (Lipinski definition) is 2. The van der Waals surface area contributed by atoms with E-state index in [0.29, 0.717) is 11.6 Å². The van der Waals surface area contributed by atoms with Crippen molar-refractivity contribution in [2.24, 2.45) is 5.92 Å². The molecule has 1 aliphatic heterocycles. The first-order valence-corrected chi connectivity index (χ1v) is 9.73. The van der Waals surface area contributed by atoms with Crippen LogP contribution in [0.3, 0.4) is 0 Å². The van der Waals surface area contributed by atoms with Crippen LogP contribution in [0.25, 0.3) is 0 Å². The number of nitrogens with zero attached hydrogens (tertiary/aromatic N) is 1. The molecule has 0 aliphatic carbocycles. The third-order valence-corrected chi connectivity index (χ3v) is 5.38. The molecule has 1 N–H and O–H groups in total. The molecule has 5 heteroatoms. The summed E-state index contributed by atoms with van der Waals surface area (Å²) < 4.78 is 0. The van der Waals surface area contributed by atoms with Gasteiger partial charge in [0.1, 0.15) is 0 Å². The maximum Gasteiger partial charge on any atom is 0.226 e. The van der Waals surface area contributed by atoms with Gasteiger partial charge in [-0.1, -0.05) is 37.6 Å².